The highest BCUT2D eigenvalue weighted by Crippen LogP contribution is 2.31. The Morgan fingerprint density at radius 1 is 1.05 bits per heavy atom. The Balaban J connectivity index is 2.17. The van der Waals surface area contributed by atoms with Crippen LogP contribution in [0.2, 0.25) is 0 Å². The second kappa shape index (κ2) is 6.78. The van der Waals surface area contributed by atoms with Gasteiger partial charge in [0.1, 0.15) is 0 Å². The average Bonchev–Trinajstić information content (AvgIpc) is 2.43. The quantitative estimate of drug-likeness (QED) is 0.870. The summed E-state index contributed by atoms with van der Waals surface area (Å²) in [5.74, 6) is 0. The molecule has 0 heterocycles. The minimum Gasteiger partial charge on any atom is -0.327 e. The van der Waals surface area contributed by atoms with Gasteiger partial charge in [-0.1, -0.05) is 54.6 Å². The largest absolute Gasteiger partial charge is 0.327 e. The maximum absolute atomic E-state index is 6.08. The van der Waals surface area contributed by atoms with E-state index >= 15 is 0 Å². The third-order valence-electron chi connectivity index (χ3n) is 3.23. The molecule has 0 saturated carbocycles. The number of aryl methyl sites for hydroxylation is 1. The topological polar surface area (TPSA) is 26.0 Å². The van der Waals surface area contributed by atoms with Gasteiger partial charge in [-0.25, -0.2) is 0 Å². The first-order valence-corrected chi connectivity index (χ1v) is 7.58. The second-order valence-corrected chi connectivity index (χ2v) is 6.01. The van der Waals surface area contributed by atoms with Crippen molar-refractivity contribution in [2.24, 2.45) is 5.73 Å². The molecule has 0 aliphatic carbocycles. The van der Waals surface area contributed by atoms with E-state index < -0.39 is 0 Å². The fourth-order valence-electron chi connectivity index (χ4n) is 1.93. The van der Waals surface area contributed by atoms with E-state index in [0.29, 0.717) is 0 Å². The molecule has 2 rings (SSSR count). The SMILES string of the molecule is CCC(N)Cc1ccccc1Sc1ccc(C)cc1. The van der Waals surface area contributed by atoms with Gasteiger partial charge in [0.2, 0.25) is 0 Å². The maximum Gasteiger partial charge on any atom is 0.0154 e. The van der Waals surface area contributed by atoms with E-state index in [1.807, 2.05) is 11.8 Å². The van der Waals surface area contributed by atoms with Crippen molar-refractivity contribution in [3.8, 4) is 0 Å². The fraction of sp³-hybridized carbons (Fsp3) is 0.294. The Morgan fingerprint density at radius 2 is 1.74 bits per heavy atom. The van der Waals surface area contributed by atoms with Crippen LogP contribution in [-0.4, -0.2) is 6.04 Å². The lowest BCUT2D eigenvalue weighted by molar-refractivity contribution is 0.641. The van der Waals surface area contributed by atoms with E-state index in [2.05, 4.69) is 62.4 Å². The Labute approximate surface area is 120 Å². The van der Waals surface area contributed by atoms with Gasteiger partial charge in [0.05, 0.1) is 0 Å². The van der Waals surface area contributed by atoms with Gasteiger partial charge in [-0.15, -0.1) is 0 Å². The van der Waals surface area contributed by atoms with E-state index in [4.69, 9.17) is 5.73 Å². The van der Waals surface area contributed by atoms with E-state index in [-0.39, 0.29) is 6.04 Å². The molecule has 0 saturated heterocycles. The molecule has 2 aromatic carbocycles. The predicted molar refractivity (Wildman–Crippen MR) is 83.7 cm³/mol. The molecule has 0 bridgehead atoms. The summed E-state index contributed by atoms with van der Waals surface area (Å²) >= 11 is 1.82. The lowest BCUT2D eigenvalue weighted by Crippen LogP contribution is -2.21. The normalized spacial score (nSPS) is 12.4. The van der Waals surface area contributed by atoms with Crippen molar-refractivity contribution in [3.63, 3.8) is 0 Å². The van der Waals surface area contributed by atoms with E-state index in [0.717, 1.165) is 12.8 Å². The molecule has 2 aromatic rings. The third-order valence-corrected chi connectivity index (χ3v) is 4.35. The number of hydrogen-bond acceptors (Lipinski definition) is 2. The first-order chi connectivity index (χ1) is 9.19. The molecule has 1 unspecified atom stereocenters. The number of benzene rings is 2. The molecule has 0 aromatic heterocycles. The van der Waals surface area contributed by atoms with Gasteiger partial charge in [0.15, 0.2) is 0 Å². The Morgan fingerprint density at radius 3 is 2.42 bits per heavy atom. The van der Waals surface area contributed by atoms with Crippen molar-refractivity contribution in [2.75, 3.05) is 0 Å². The molecule has 0 radical (unpaired) electrons. The van der Waals surface area contributed by atoms with Crippen LogP contribution in [0.1, 0.15) is 24.5 Å². The Kier molecular flexibility index (Phi) is 5.06. The van der Waals surface area contributed by atoms with Gasteiger partial charge in [-0.3, -0.25) is 0 Å². The minimum atomic E-state index is 0.250. The van der Waals surface area contributed by atoms with Crippen LogP contribution in [0.15, 0.2) is 58.3 Å². The van der Waals surface area contributed by atoms with Crippen molar-refractivity contribution in [2.45, 2.75) is 42.5 Å². The number of nitrogens with two attached hydrogens (primary N) is 1. The molecule has 1 atom stereocenters. The first kappa shape index (κ1) is 14.2. The maximum atomic E-state index is 6.08. The van der Waals surface area contributed by atoms with Gasteiger partial charge in [0.25, 0.3) is 0 Å². The monoisotopic (exact) mass is 271 g/mol. The van der Waals surface area contributed by atoms with Crippen molar-refractivity contribution in [1.82, 2.24) is 0 Å². The summed E-state index contributed by atoms with van der Waals surface area (Å²) in [4.78, 5) is 2.60. The highest BCUT2D eigenvalue weighted by Gasteiger charge is 2.07. The summed E-state index contributed by atoms with van der Waals surface area (Å²) in [6.45, 7) is 4.25. The van der Waals surface area contributed by atoms with Gasteiger partial charge in [-0.2, -0.15) is 0 Å². The zero-order valence-electron chi connectivity index (χ0n) is 11.6. The van der Waals surface area contributed by atoms with Crippen molar-refractivity contribution < 1.29 is 0 Å². The summed E-state index contributed by atoms with van der Waals surface area (Å²) in [5.41, 5.74) is 8.72. The standard InChI is InChI=1S/C17H21NS/c1-3-15(18)12-14-6-4-5-7-17(14)19-16-10-8-13(2)9-11-16/h4-11,15H,3,12,18H2,1-2H3. The van der Waals surface area contributed by atoms with Gasteiger partial charge < -0.3 is 5.73 Å². The lowest BCUT2D eigenvalue weighted by atomic mass is 10.1. The van der Waals surface area contributed by atoms with Crippen LogP contribution < -0.4 is 5.73 Å². The second-order valence-electron chi connectivity index (χ2n) is 4.90. The Bertz CT molecular complexity index is 519. The van der Waals surface area contributed by atoms with E-state index in [1.165, 1.54) is 20.9 Å². The zero-order chi connectivity index (χ0) is 13.7. The van der Waals surface area contributed by atoms with Crippen LogP contribution in [0.25, 0.3) is 0 Å². The van der Waals surface area contributed by atoms with Gasteiger partial charge >= 0.3 is 0 Å². The van der Waals surface area contributed by atoms with Crippen LogP contribution in [-0.2, 0) is 6.42 Å². The summed E-state index contributed by atoms with van der Waals surface area (Å²) < 4.78 is 0. The molecule has 2 N–H and O–H groups in total. The highest BCUT2D eigenvalue weighted by atomic mass is 32.2. The van der Waals surface area contributed by atoms with Crippen LogP contribution in [0.5, 0.6) is 0 Å². The number of rotatable bonds is 5. The molecular weight excluding hydrogens is 250 g/mol. The number of hydrogen-bond donors (Lipinski definition) is 1. The average molecular weight is 271 g/mol. The van der Waals surface area contributed by atoms with Crippen LogP contribution in [0.4, 0.5) is 0 Å². The third kappa shape index (κ3) is 4.12. The van der Waals surface area contributed by atoms with Crippen LogP contribution in [0, 0.1) is 6.92 Å². The minimum absolute atomic E-state index is 0.250. The first-order valence-electron chi connectivity index (χ1n) is 6.77. The van der Waals surface area contributed by atoms with Crippen LogP contribution in [0.3, 0.4) is 0 Å². The molecule has 0 fully saturated rings. The van der Waals surface area contributed by atoms with Gasteiger partial charge in [0, 0.05) is 15.8 Å². The molecule has 0 spiro atoms. The van der Waals surface area contributed by atoms with Crippen molar-refractivity contribution >= 4 is 11.8 Å². The fourth-order valence-corrected chi connectivity index (χ4v) is 2.89. The van der Waals surface area contributed by atoms with Crippen molar-refractivity contribution in [3.05, 3.63) is 59.7 Å². The molecule has 19 heavy (non-hydrogen) atoms. The molecule has 0 aliphatic rings. The van der Waals surface area contributed by atoms with Gasteiger partial charge in [-0.05, 0) is 43.5 Å². The molecule has 100 valence electrons. The molecular formula is C17H21NS. The highest BCUT2D eigenvalue weighted by molar-refractivity contribution is 7.99. The Hall–Kier alpha value is -1.25. The molecule has 0 amide bonds. The summed E-state index contributed by atoms with van der Waals surface area (Å²) in [5, 5.41) is 0. The molecule has 2 heteroatoms. The van der Waals surface area contributed by atoms with Crippen molar-refractivity contribution in [1.29, 1.82) is 0 Å². The summed E-state index contributed by atoms with van der Waals surface area (Å²) in [6.07, 6.45) is 1.97. The predicted octanol–water partition coefficient (Wildman–Crippen LogP) is 4.43. The summed E-state index contributed by atoms with van der Waals surface area (Å²) in [7, 11) is 0. The molecule has 0 aliphatic heterocycles. The van der Waals surface area contributed by atoms with E-state index in [1.54, 1.807) is 0 Å². The lowest BCUT2D eigenvalue weighted by Gasteiger charge is -2.13. The zero-order valence-corrected chi connectivity index (χ0v) is 12.4. The molecule has 1 nitrogen and oxygen atoms in total. The smallest absolute Gasteiger partial charge is 0.0154 e. The van der Waals surface area contributed by atoms with Crippen LogP contribution >= 0.6 is 11.8 Å². The summed E-state index contributed by atoms with van der Waals surface area (Å²) in [6, 6.07) is 17.5. The van der Waals surface area contributed by atoms with E-state index in [9.17, 15) is 0 Å².